The first-order chi connectivity index (χ1) is 9.98. The van der Waals surface area contributed by atoms with Crippen LogP contribution in [-0.4, -0.2) is 23.2 Å². The molecule has 3 N–H and O–H groups in total. The Labute approximate surface area is 130 Å². The molecule has 2 rings (SSSR count). The second-order valence-electron chi connectivity index (χ2n) is 5.98. The van der Waals surface area contributed by atoms with E-state index in [2.05, 4.69) is 27.9 Å². The molecular weight excluding hydrogens is 282 g/mol. The number of rotatable bonds is 6. The number of hydrazine groups is 1. The number of thiazole rings is 1. The summed E-state index contributed by atoms with van der Waals surface area (Å²) in [5, 5.41) is 3.15. The zero-order valence-electron chi connectivity index (χ0n) is 12.8. The Morgan fingerprint density at radius 1 is 1.29 bits per heavy atom. The van der Waals surface area contributed by atoms with Crippen molar-refractivity contribution in [2.75, 3.05) is 6.61 Å². The Morgan fingerprint density at radius 3 is 2.62 bits per heavy atom. The van der Waals surface area contributed by atoms with E-state index in [-0.39, 0.29) is 11.6 Å². The molecule has 0 saturated heterocycles. The van der Waals surface area contributed by atoms with Gasteiger partial charge in [0.2, 0.25) is 0 Å². The fourth-order valence-corrected chi connectivity index (χ4v) is 2.76. The number of nitrogens with one attached hydrogen (secondary N) is 1. The molecule has 0 spiro atoms. The van der Waals surface area contributed by atoms with Gasteiger partial charge in [-0.25, -0.2) is 4.98 Å². The zero-order chi connectivity index (χ0) is 15.3. The number of nitrogens with two attached hydrogens (primary N) is 1. The Morgan fingerprint density at radius 2 is 2.00 bits per heavy atom. The largest absolute Gasteiger partial charge is 0.374 e. The minimum absolute atomic E-state index is 0.0685. The summed E-state index contributed by atoms with van der Waals surface area (Å²) in [6, 6.07) is 10.3. The molecule has 2 aromatic rings. The van der Waals surface area contributed by atoms with Crippen LogP contribution in [0.5, 0.6) is 0 Å². The molecule has 0 radical (unpaired) electrons. The van der Waals surface area contributed by atoms with Crippen molar-refractivity contribution in [2.45, 2.75) is 38.8 Å². The second kappa shape index (κ2) is 7.13. The van der Waals surface area contributed by atoms with Gasteiger partial charge in [0, 0.05) is 17.4 Å². The number of hydrogen-bond donors (Lipinski definition) is 2. The van der Waals surface area contributed by atoms with Crippen LogP contribution in [0.1, 0.15) is 25.8 Å². The third-order valence-corrected chi connectivity index (χ3v) is 3.87. The van der Waals surface area contributed by atoms with Crippen LogP contribution >= 0.6 is 11.3 Å². The van der Waals surface area contributed by atoms with Crippen molar-refractivity contribution in [1.82, 2.24) is 10.4 Å². The molecule has 0 fully saturated rings. The number of ether oxygens (including phenoxy) is 1. The average molecular weight is 305 g/mol. The molecule has 0 aliphatic carbocycles. The predicted octanol–water partition coefficient (Wildman–Crippen LogP) is 3.00. The molecule has 1 atom stereocenters. The van der Waals surface area contributed by atoms with Gasteiger partial charge in [-0.15, -0.1) is 11.3 Å². The fraction of sp³-hybridized carbons (Fsp3) is 0.438. The third-order valence-electron chi connectivity index (χ3n) is 3.00. The summed E-state index contributed by atoms with van der Waals surface area (Å²) in [7, 11) is 0. The van der Waals surface area contributed by atoms with E-state index in [1.165, 1.54) is 0 Å². The summed E-state index contributed by atoms with van der Waals surface area (Å²) < 4.78 is 5.78. The van der Waals surface area contributed by atoms with Gasteiger partial charge in [-0.1, -0.05) is 30.3 Å². The summed E-state index contributed by atoms with van der Waals surface area (Å²) in [5.74, 6) is 5.61. The van der Waals surface area contributed by atoms with E-state index in [0.717, 1.165) is 22.7 Å². The minimum atomic E-state index is -0.160. The monoisotopic (exact) mass is 305 g/mol. The quantitative estimate of drug-likeness (QED) is 0.636. The molecule has 5 heteroatoms. The molecular formula is C16H23N3OS. The van der Waals surface area contributed by atoms with E-state index in [0.29, 0.717) is 6.61 Å². The molecule has 0 amide bonds. The third kappa shape index (κ3) is 5.21. The van der Waals surface area contributed by atoms with Gasteiger partial charge >= 0.3 is 0 Å². The van der Waals surface area contributed by atoms with Crippen LogP contribution < -0.4 is 11.3 Å². The lowest BCUT2D eigenvalue weighted by Crippen LogP contribution is -2.42. The lowest BCUT2D eigenvalue weighted by Gasteiger charge is -2.23. The van der Waals surface area contributed by atoms with Crippen molar-refractivity contribution >= 4 is 11.3 Å². The van der Waals surface area contributed by atoms with Crippen LogP contribution in [0, 0.1) is 0 Å². The van der Waals surface area contributed by atoms with Crippen molar-refractivity contribution in [1.29, 1.82) is 0 Å². The van der Waals surface area contributed by atoms with Gasteiger partial charge in [0.15, 0.2) is 0 Å². The summed E-state index contributed by atoms with van der Waals surface area (Å²) >= 11 is 1.66. The summed E-state index contributed by atoms with van der Waals surface area (Å²) in [6.07, 6.45) is 0.768. The van der Waals surface area contributed by atoms with Crippen LogP contribution in [-0.2, 0) is 11.2 Å². The zero-order valence-corrected chi connectivity index (χ0v) is 13.6. The molecule has 1 unspecified atom stereocenters. The molecule has 1 aromatic carbocycles. The van der Waals surface area contributed by atoms with Gasteiger partial charge in [0.05, 0.1) is 29.0 Å². The van der Waals surface area contributed by atoms with Crippen molar-refractivity contribution < 1.29 is 4.74 Å². The molecule has 114 valence electrons. The van der Waals surface area contributed by atoms with Crippen LogP contribution in [0.15, 0.2) is 35.7 Å². The number of nitrogens with zero attached hydrogens (tertiary/aromatic N) is 1. The van der Waals surface area contributed by atoms with E-state index in [4.69, 9.17) is 10.6 Å². The lowest BCUT2D eigenvalue weighted by molar-refractivity contribution is -0.0143. The summed E-state index contributed by atoms with van der Waals surface area (Å²) in [6.45, 7) is 6.69. The number of benzene rings is 1. The standard InChI is InChI=1S/C16H23N3OS/c1-16(2,3)20-10-13(19-17)9-15-18-14(11-21-15)12-7-5-4-6-8-12/h4-8,11,13,19H,9-10,17H2,1-3H3. The molecule has 0 saturated carbocycles. The van der Waals surface area contributed by atoms with E-state index < -0.39 is 0 Å². The predicted molar refractivity (Wildman–Crippen MR) is 88.1 cm³/mol. The van der Waals surface area contributed by atoms with Crippen molar-refractivity contribution in [3.63, 3.8) is 0 Å². The van der Waals surface area contributed by atoms with Crippen molar-refractivity contribution in [3.05, 3.63) is 40.7 Å². The maximum absolute atomic E-state index is 5.78. The van der Waals surface area contributed by atoms with Crippen LogP contribution in [0.3, 0.4) is 0 Å². The molecule has 1 aromatic heterocycles. The van der Waals surface area contributed by atoms with E-state index in [9.17, 15) is 0 Å². The Balaban J connectivity index is 1.98. The number of hydrogen-bond acceptors (Lipinski definition) is 5. The van der Waals surface area contributed by atoms with Crippen molar-refractivity contribution in [3.8, 4) is 11.3 Å². The summed E-state index contributed by atoms with van der Waals surface area (Å²) in [5.41, 5.74) is 4.81. The smallest absolute Gasteiger partial charge is 0.0949 e. The van der Waals surface area contributed by atoms with Crippen LogP contribution in [0.2, 0.25) is 0 Å². The number of aromatic nitrogens is 1. The molecule has 0 bridgehead atoms. The minimum Gasteiger partial charge on any atom is -0.374 e. The van der Waals surface area contributed by atoms with Gasteiger partial charge in [-0.2, -0.15) is 0 Å². The fourth-order valence-electron chi connectivity index (χ4n) is 1.87. The normalized spacial score (nSPS) is 13.3. The molecule has 0 aliphatic heterocycles. The first-order valence-corrected chi connectivity index (χ1v) is 7.96. The van der Waals surface area contributed by atoms with Crippen molar-refractivity contribution in [2.24, 2.45) is 5.84 Å². The second-order valence-corrected chi connectivity index (χ2v) is 6.93. The molecule has 0 aliphatic rings. The van der Waals surface area contributed by atoms with E-state index in [1.807, 2.05) is 39.0 Å². The highest BCUT2D eigenvalue weighted by Crippen LogP contribution is 2.22. The average Bonchev–Trinajstić information content (AvgIpc) is 2.92. The van der Waals surface area contributed by atoms with Gasteiger partial charge in [-0.3, -0.25) is 11.3 Å². The van der Waals surface area contributed by atoms with E-state index >= 15 is 0 Å². The highest BCUT2D eigenvalue weighted by molar-refractivity contribution is 7.09. The highest BCUT2D eigenvalue weighted by atomic mass is 32.1. The summed E-state index contributed by atoms with van der Waals surface area (Å²) in [4.78, 5) is 4.68. The Hall–Kier alpha value is -1.27. The topological polar surface area (TPSA) is 60.2 Å². The Kier molecular flexibility index (Phi) is 5.47. The Bertz CT molecular complexity index is 548. The maximum atomic E-state index is 5.78. The van der Waals surface area contributed by atoms with E-state index in [1.54, 1.807) is 11.3 Å². The van der Waals surface area contributed by atoms with Crippen LogP contribution in [0.4, 0.5) is 0 Å². The first kappa shape index (κ1) is 16.1. The first-order valence-electron chi connectivity index (χ1n) is 7.08. The van der Waals surface area contributed by atoms with Gasteiger partial charge in [-0.05, 0) is 20.8 Å². The van der Waals surface area contributed by atoms with Gasteiger partial charge in [0.1, 0.15) is 0 Å². The highest BCUT2D eigenvalue weighted by Gasteiger charge is 2.16. The lowest BCUT2D eigenvalue weighted by atomic mass is 10.1. The molecule has 21 heavy (non-hydrogen) atoms. The molecule has 1 heterocycles. The maximum Gasteiger partial charge on any atom is 0.0949 e. The van der Waals surface area contributed by atoms with Crippen LogP contribution in [0.25, 0.3) is 11.3 Å². The SMILES string of the molecule is CC(C)(C)OCC(Cc1nc(-c2ccccc2)cs1)NN. The molecule has 4 nitrogen and oxygen atoms in total. The van der Waals surface area contributed by atoms with Gasteiger partial charge in [0.25, 0.3) is 0 Å². The van der Waals surface area contributed by atoms with Gasteiger partial charge < -0.3 is 4.74 Å².